The Labute approximate surface area is 131 Å². The standard InChI is InChI=1S/C19H20O3/c1-14-9-10-16(15-7-5-4-6-8-15)11-17(14)12-18(13-21-2)19(20)22-3/h4-11,13H,12H2,1-3H3/b18-13+. The summed E-state index contributed by atoms with van der Waals surface area (Å²) < 4.78 is 9.80. The highest BCUT2D eigenvalue weighted by Gasteiger charge is 2.13. The molecular weight excluding hydrogens is 276 g/mol. The molecule has 2 rings (SSSR count). The van der Waals surface area contributed by atoms with Crippen LogP contribution >= 0.6 is 0 Å². The number of rotatable bonds is 5. The van der Waals surface area contributed by atoms with Gasteiger partial charge in [-0.05, 0) is 29.2 Å². The van der Waals surface area contributed by atoms with Crippen LogP contribution in [0.2, 0.25) is 0 Å². The first-order valence-corrected chi connectivity index (χ1v) is 7.10. The van der Waals surface area contributed by atoms with Gasteiger partial charge >= 0.3 is 5.97 Å². The van der Waals surface area contributed by atoms with Crippen molar-refractivity contribution in [3.8, 4) is 11.1 Å². The largest absolute Gasteiger partial charge is 0.504 e. The molecule has 0 spiro atoms. The lowest BCUT2D eigenvalue weighted by Crippen LogP contribution is -2.08. The third-order valence-corrected chi connectivity index (χ3v) is 3.54. The lowest BCUT2D eigenvalue weighted by Gasteiger charge is -2.11. The maximum atomic E-state index is 11.8. The van der Waals surface area contributed by atoms with Crippen molar-refractivity contribution in [2.75, 3.05) is 14.2 Å². The second-order valence-electron chi connectivity index (χ2n) is 5.05. The molecule has 114 valence electrons. The third kappa shape index (κ3) is 3.76. The molecule has 0 bridgehead atoms. The van der Waals surface area contributed by atoms with Gasteiger partial charge < -0.3 is 9.47 Å². The number of ether oxygens (including phenoxy) is 2. The predicted octanol–water partition coefficient (Wildman–Crippen LogP) is 3.91. The van der Waals surface area contributed by atoms with Gasteiger partial charge in [-0.15, -0.1) is 0 Å². The summed E-state index contributed by atoms with van der Waals surface area (Å²) in [5, 5.41) is 0. The van der Waals surface area contributed by atoms with E-state index in [1.54, 1.807) is 0 Å². The van der Waals surface area contributed by atoms with Crippen LogP contribution in [-0.2, 0) is 20.7 Å². The average molecular weight is 296 g/mol. The van der Waals surface area contributed by atoms with Crippen LogP contribution in [0, 0.1) is 6.92 Å². The minimum Gasteiger partial charge on any atom is -0.504 e. The topological polar surface area (TPSA) is 35.5 Å². The van der Waals surface area contributed by atoms with Crippen LogP contribution in [0.5, 0.6) is 0 Å². The van der Waals surface area contributed by atoms with Crippen molar-refractivity contribution in [3.63, 3.8) is 0 Å². The van der Waals surface area contributed by atoms with Crippen molar-refractivity contribution < 1.29 is 14.3 Å². The molecule has 3 heteroatoms. The fourth-order valence-corrected chi connectivity index (χ4v) is 2.31. The van der Waals surface area contributed by atoms with Gasteiger partial charge in [-0.25, -0.2) is 4.79 Å². The molecule has 0 atom stereocenters. The molecule has 2 aromatic carbocycles. The summed E-state index contributed by atoms with van der Waals surface area (Å²) in [6.07, 6.45) is 1.92. The number of hydrogen-bond acceptors (Lipinski definition) is 3. The Morgan fingerprint density at radius 3 is 2.41 bits per heavy atom. The van der Waals surface area contributed by atoms with Gasteiger partial charge in [0, 0.05) is 6.42 Å². The second-order valence-corrected chi connectivity index (χ2v) is 5.05. The first kappa shape index (κ1) is 15.8. The molecule has 0 aliphatic rings. The van der Waals surface area contributed by atoms with Gasteiger partial charge in [-0.2, -0.15) is 0 Å². The molecule has 0 unspecified atom stereocenters. The zero-order valence-electron chi connectivity index (χ0n) is 13.1. The van der Waals surface area contributed by atoms with Crippen molar-refractivity contribution in [2.45, 2.75) is 13.3 Å². The number of hydrogen-bond donors (Lipinski definition) is 0. The van der Waals surface area contributed by atoms with E-state index < -0.39 is 0 Å². The molecule has 0 aromatic heterocycles. The number of carbonyl (C=O) groups excluding carboxylic acids is 1. The van der Waals surface area contributed by atoms with Crippen LogP contribution in [-0.4, -0.2) is 20.2 Å². The zero-order valence-corrected chi connectivity index (χ0v) is 13.1. The van der Waals surface area contributed by atoms with Crippen LogP contribution in [0.25, 0.3) is 11.1 Å². The molecule has 22 heavy (non-hydrogen) atoms. The van der Waals surface area contributed by atoms with E-state index in [4.69, 9.17) is 9.47 Å². The van der Waals surface area contributed by atoms with Crippen LogP contribution in [0.15, 0.2) is 60.4 Å². The van der Waals surface area contributed by atoms with Gasteiger partial charge in [0.05, 0.1) is 26.1 Å². The maximum absolute atomic E-state index is 11.8. The van der Waals surface area contributed by atoms with E-state index >= 15 is 0 Å². The van der Waals surface area contributed by atoms with E-state index in [1.807, 2.05) is 25.1 Å². The maximum Gasteiger partial charge on any atom is 0.337 e. The number of esters is 1. The Morgan fingerprint density at radius 1 is 1.05 bits per heavy atom. The molecule has 0 heterocycles. The summed E-state index contributed by atoms with van der Waals surface area (Å²) in [6, 6.07) is 16.4. The van der Waals surface area contributed by atoms with Gasteiger partial charge in [-0.3, -0.25) is 0 Å². The first-order chi connectivity index (χ1) is 10.7. The van der Waals surface area contributed by atoms with Crippen molar-refractivity contribution in [1.29, 1.82) is 0 Å². The lowest BCUT2D eigenvalue weighted by atomic mass is 9.96. The normalized spacial score (nSPS) is 11.1. The number of aryl methyl sites for hydroxylation is 1. The molecule has 0 saturated heterocycles. The molecule has 0 radical (unpaired) electrons. The quantitative estimate of drug-likeness (QED) is 0.477. The fraction of sp³-hybridized carbons (Fsp3) is 0.211. The molecule has 2 aromatic rings. The summed E-state index contributed by atoms with van der Waals surface area (Å²) in [6.45, 7) is 2.03. The Balaban J connectivity index is 2.35. The molecule has 0 aliphatic carbocycles. The highest BCUT2D eigenvalue weighted by molar-refractivity contribution is 5.88. The SMILES string of the molecule is CO/C=C(\Cc1cc(-c2ccccc2)ccc1C)C(=O)OC. The Morgan fingerprint density at radius 2 is 1.77 bits per heavy atom. The highest BCUT2D eigenvalue weighted by Crippen LogP contribution is 2.24. The monoisotopic (exact) mass is 296 g/mol. The van der Waals surface area contributed by atoms with Gasteiger partial charge in [-0.1, -0.05) is 48.5 Å². The minimum absolute atomic E-state index is 0.369. The lowest BCUT2D eigenvalue weighted by molar-refractivity contribution is -0.136. The summed E-state index contributed by atoms with van der Waals surface area (Å²) in [4.78, 5) is 11.8. The van der Waals surface area contributed by atoms with E-state index in [-0.39, 0.29) is 5.97 Å². The van der Waals surface area contributed by atoms with Crippen LogP contribution < -0.4 is 0 Å². The zero-order chi connectivity index (χ0) is 15.9. The van der Waals surface area contributed by atoms with Crippen LogP contribution in [0.4, 0.5) is 0 Å². The van der Waals surface area contributed by atoms with E-state index in [1.165, 1.54) is 20.5 Å². The van der Waals surface area contributed by atoms with Gasteiger partial charge in [0.15, 0.2) is 0 Å². The molecular formula is C19H20O3. The summed E-state index contributed by atoms with van der Waals surface area (Å²) in [5.74, 6) is -0.369. The van der Waals surface area contributed by atoms with E-state index in [2.05, 4.69) is 30.3 Å². The third-order valence-electron chi connectivity index (χ3n) is 3.54. The van der Waals surface area contributed by atoms with Crippen LogP contribution in [0.3, 0.4) is 0 Å². The fourth-order valence-electron chi connectivity index (χ4n) is 2.31. The molecule has 0 amide bonds. The number of methoxy groups -OCH3 is 2. The van der Waals surface area contributed by atoms with Gasteiger partial charge in [0.2, 0.25) is 0 Å². The van der Waals surface area contributed by atoms with E-state index in [0.29, 0.717) is 12.0 Å². The Bertz CT molecular complexity index is 672. The summed E-state index contributed by atoms with van der Waals surface area (Å²) in [7, 11) is 2.90. The summed E-state index contributed by atoms with van der Waals surface area (Å²) >= 11 is 0. The smallest absolute Gasteiger partial charge is 0.337 e. The predicted molar refractivity (Wildman–Crippen MR) is 87.4 cm³/mol. The molecule has 3 nitrogen and oxygen atoms in total. The first-order valence-electron chi connectivity index (χ1n) is 7.10. The number of benzene rings is 2. The molecule has 0 saturated carbocycles. The molecule has 0 aliphatic heterocycles. The van der Waals surface area contributed by atoms with Crippen molar-refractivity contribution in [2.24, 2.45) is 0 Å². The second kappa shape index (κ2) is 7.46. The van der Waals surface area contributed by atoms with E-state index in [9.17, 15) is 4.79 Å². The Hall–Kier alpha value is -2.55. The van der Waals surface area contributed by atoms with Gasteiger partial charge in [0.25, 0.3) is 0 Å². The minimum atomic E-state index is -0.369. The van der Waals surface area contributed by atoms with Crippen molar-refractivity contribution >= 4 is 5.97 Å². The Kier molecular flexibility index (Phi) is 5.37. The van der Waals surface area contributed by atoms with Crippen molar-refractivity contribution in [3.05, 3.63) is 71.5 Å². The average Bonchev–Trinajstić information content (AvgIpc) is 2.56. The summed E-state index contributed by atoms with van der Waals surface area (Å²) in [5.41, 5.74) is 4.99. The number of carbonyl (C=O) groups is 1. The molecule has 0 fully saturated rings. The highest BCUT2D eigenvalue weighted by atomic mass is 16.5. The van der Waals surface area contributed by atoms with E-state index in [0.717, 1.165) is 22.3 Å². The molecule has 0 N–H and O–H groups in total. The van der Waals surface area contributed by atoms with Crippen LogP contribution in [0.1, 0.15) is 11.1 Å². The van der Waals surface area contributed by atoms with Gasteiger partial charge in [0.1, 0.15) is 0 Å². The van der Waals surface area contributed by atoms with Crippen molar-refractivity contribution in [1.82, 2.24) is 0 Å².